The van der Waals surface area contributed by atoms with Crippen LogP contribution in [0.5, 0.6) is 0 Å². The summed E-state index contributed by atoms with van der Waals surface area (Å²) in [5, 5.41) is 5.04. The molecule has 7 aromatic rings. The maximum atomic E-state index is 3.53. The van der Waals surface area contributed by atoms with Crippen LogP contribution in [-0.4, -0.2) is 4.57 Å². The Morgan fingerprint density at radius 2 is 1.38 bits per heavy atom. The van der Waals surface area contributed by atoms with E-state index in [0.717, 1.165) is 0 Å². The van der Waals surface area contributed by atoms with E-state index in [1.54, 1.807) is 0 Å². The second-order valence-corrected chi connectivity index (χ2v) is 12.4. The SMILES string of the molecule is C1#CC2C(=CC=C1)C=CC=C2N1c2ccc(-c3ccc4c(c3)c3ccccc3n4-c3ccccc3)cc2-c2cccc3cccc1c23. The van der Waals surface area contributed by atoms with Crippen molar-refractivity contribution in [3.8, 4) is 39.8 Å². The van der Waals surface area contributed by atoms with Gasteiger partial charge in [0.25, 0.3) is 0 Å². The molecule has 218 valence electrons. The fourth-order valence-corrected chi connectivity index (χ4v) is 7.75. The van der Waals surface area contributed by atoms with E-state index >= 15 is 0 Å². The molecule has 0 N–H and O–H groups in total. The summed E-state index contributed by atoms with van der Waals surface area (Å²) < 4.78 is 2.37. The number of aromatic nitrogens is 1. The molecular weight excluding hydrogens is 569 g/mol. The van der Waals surface area contributed by atoms with Gasteiger partial charge in [0.05, 0.1) is 28.3 Å². The molecule has 0 amide bonds. The number of hydrogen-bond acceptors (Lipinski definition) is 1. The van der Waals surface area contributed by atoms with Gasteiger partial charge in [-0.2, -0.15) is 0 Å². The number of para-hydroxylation sites is 2. The Balaban J connectivity index is 1.18. The first-order chi connectivity index (χ1) is 23.3. The van der Waals surface area contributed by atoms with Crippen LogP contribution in [0.3, 0.4) is 0 Å². The standard InChI is InChI=1S/C45H28N2/c1-3-12-30-13-10-22-40(35(30)18-6-1)47-43-27-25-33(29-39(43)37-20-9-14-31-15-11-23-44(47)45(31)37)32-24-26-42-38(28-32)36-19-7-8-21-41(36)46(42)34-16-4-2-5-17-34/h1-5,7-17,19-29,35H. The fraction of sp³-hybridized carbons (Fsp3) is 0.0222. The molecule has 0 fully saturated rings. The molecule has 3 aliphatic rings. The molecular formula is C45H28N2. The Hall–Kier alpha value is -6.30. The van der Waals surface area contributed by atoms with Crippen molar-refractivity contribution in [2.75, 3.05) is 4.90 Å². The monoisotopic (exact) mass is 596 g/mol. The van der Waals surface area contributed by atoms with Crippen molar-refractivity contribution in [1.82, 2.24) is 4.57 Å². The van der Waals surface area contributed by atoms with Crippen LogP contribution in [0.15, 0.2) is 175 Å². The van der Waals surface area contributed by atoms with Crippen LogP contribution >= 0.6 is 0 Å². The third-order valence-corrected chi connectivity index (χ3v) is 9.81. The molecule has 10 rings (SSSR count). The van der Waals surface area contributed by atoms with Crippen LogP contribution in [0.2, 0.25) is 0 Å². The molecule has 1 unspecified atom stereocenters. The molecule has 0 spiro atoms. The maximum absolute atomic E-state index is 3.53. The zero-order chi connectivity index (χ0) is 30.9. The summed E-state index contributed by atoms with van der Waals surface area (Å²) in [6, 6.07) is 46.6. The highest BCUT2D eigenvalue weighted by Crippen LogP contribution is 2.52. The zero-order valence-corrected chi connectivity index (χ0v) is 25.6. The summed E-state index contributed by atoms with van der Waals surface area (Å²) in [5.74, 6) is 6.79. The van der Waals surface area contributed by atoms with Crippen LogP contribution in [-0.2, 0) is 0 Å². The van der Waals surface area contributed by atoms with Gasteiger partial charge in [-0.3, -0.25) is 0 Å². The highest BCUT2D eigenvalue weighted by molar-refractivity contribution is 6.14. The van der Waals surface area contributed by atoms with E-state index in [9.17, 15) is 0 Å². The van der Waals surface area contributed by atoms with Gasteiger partial charge in [0.1, 0.15) is 0 Å². The first-order valence-electron chi connectivity index (χ1n) is 16.1. The van der Waals surface area contributed by atoms with Crippen molar-refractivity contribution >= 4 is 44.0 Å². The first kappa shape index (κ1) is 26.0. The topological polar surface area (TPSA) is 8.17 Å². The van der Waals surface area contributed by atoms with Crippen molar-refractivity contribution in [3.05, 3.63) is 175 Å². The van der Waals surface area contributed by atoms with Gasteiger partial charge in [-0.15, -0.1) is 0 Å². The average molecular weight is 597 g/mol. The van der Waals surface area contributed by atoms with Gasteiger partial charge in [-0.1, -0.05) is 115 Å². The molecule has 47 heavy (non-hydrogen) atoms. The molecule has 2 aliphatic carbocycles. The van der Waals surface area contributed by atoms with Gasteiger partial charge in [0.15, 0.2) is 0 Å². The smallest absolute Gasteiger partial charge is 0.0861 e. The molecule has 1 aromatic heterocycles. The van der Waals surface area contributed by atoms with Gasteiger partial charge >= 0.3 is 0 Å². The van der Waals surface area contributed by atoms with Crippen LogP contribution in [0.4, 0.5) is 11.4 Å². The Morgan fingerprint density at radius 1 is 0.574 bits per heavy atom. The van der Waals surface area contributed by atoms with Crippen molar-refractivity contribution < 1.29 is 0 Å². The van der Waals surface area contributed by atoms with Crippen LogP contribution in [0.25, 0.3) is 60.5 Å². The lowest BCUT2D eigenvalue weighted by Gasteiger charge is -2.38. The predicted molar refractivity (Wildman–Crippen MR) is 197 cm³/mol. The number of hydrogen-bond donors (Lipinski definition) is 0. The van der Waals surface area contributed by atoms with Gasteiger partial charge in [0, 0.05) is 33.1 Å². The van der Waals surface area contributed by atoms with E-state index in [1.807, 2.05) is 6.08 Å². The normalized spacial score (nSPS) is 15.9. The zero-order valence-electron chi connectivity index (χ0n) is 25.6. The number of allylic oxidation sites excluding steroid dienone is 7. The minimum Gasteiger partial charge on any atom is -0.311 e. The van der Waals surface area contributed by atoms with E-state index in [4.69, 9.17) is 0 Å². The van der Waals surface area contributed by atoms with Crippen LogP contribution in [0, 0.1) is 17.8 Å². The second-order valence-electron chi connectivity index (χ2n) is 12.4. The van der Waals surface area contributed by atoms with Crippen LogP contribution in [0.1, 0.15) is 0 Å². The molecule has 0 saturated carbocycles. The number of anilines is 2. The molecule has 1 aliphatic heterocycles. The molecule has 0 saturated heterocycles. The van der Waals surface area contributed by atoms with Gasteiger partial charge < -0.3 is 9.47 Å². The van der Waals surface area contributed by atoms with E-state index in [-0.39, 0.29) is 5.92 Å². The third kappa shape index (κ3) is 3.87. The second kappa shape index (κ2) is 10.1. The third-order valence-electron chi connectivity index (χ3n) is 9.81. The molecule has 1 atom stereocenters. The summed E-state index contributed by atoms with van der Waals surface area (Å²) in [6.45, 7) is 0. The van der Waals surface area contributed by atoms with Gasteiger partial charge in [0.2, 0.25) is 0 Å². The molecule has 2 heteroatoms. The summed E-state index contributed by atoms with van der Waals surface area (Å²) in [7, 11) is 0. The van der Waals surface area contributed by atoms with Crippen molar-refractivity contribution in [1.29, 1.82) is 0 Å². The maximum Gasteiger partial charge on any atom is 0.0861 e. The quantitative estimate of drug-likeness (QED) is 0.184. The Labute approximate surface area is 273 Å². The number of benzene rings is 6. The lowest BCUT2D eigenvalue weighted by Crippen LogP contribution is -2.26. The van der Waals surface area contributed by atoms with E-state index in [0.29, 0.717) is 0 Å². The Morgan fingerprint density at radius 3 is 2.32 bits per heavy atom. The minimum absolute atomic E-state index is 0.00705. The van der Waals surface area contributed by atoms with E-state index < -0.39 is 0 Å². The Kier molecular flexibility index (Phi) is 5.58. The summed E-state index contributed by atoms with van der Waals surface area (Å²) in [6.07, 6.45) is 12.8. The molecule has 0 radical (unpaired) electrons. The first-order valence-corrected chi connectivity index (χ1v) is 16.1. The summed E-state index contributed by atoms with van der Waals surface area (Å²) in [4.78, 5) is 2.45. The highest BCUT2D eigenvalue weighted by Gasteiger charge is 2.32. The summed E-state index contributed by atoms with van der Waals surface area (Å²) in [5.41, 5.74) is 13.3. The van der Waals surface area contributed by atoms with Crippen molar-refractivity contribution in [2.24, 2.45) is 5.92 Å². The predicted octanol–water partition coefficient (Wildman–Crippen LogP) is 11.3. The Bertz CT molecular complexity index is 2630. The lowest BCUT2D eigenvalue weighted by molar-refractivity contribution is 0.897. The molecule has 2 heterocycles. The molecule has 0 bridgehead atoms. The molecule has 2 nitrogen and oxygen atoms in total. The van der Waals surface area contributed by atoms with Gasteiger partial charge in [-0.05, 0) is 88.3 Å². The highest BCUT2D eigenvalue weighted by atomic mass is 15.2. The number of fused-ring (bicyclic) bond motifs is 6. The number of nitrogens with zero attached hydrogens (tertiary/aromatic N) is 2. The molecule has 6 aromatic carbocycles. The fourth-order valence-electron chi connectivity index (χ4n) is 7.75. The minimum atomic E-state index is -0.00705. The van der Waals surface area contributed by atoms with Crippen molar-refractivity contribution in [2.45, 2.75) is 0 Å². The van der Waals surface area contributed by atoms with Crippen LogP contribution < -0.4 is 4.90 Å². The largest absolute Gasteiger partial charge is 0.311 e. The van der Waals surface area contributed by atoms with E-state index in [2.05, 4.69) is 179 Å². The van der Waals surface area contributed by atoms with Crippen molar-refractivity contribution in [3.63, 3.8) is 0 Å². The number of rotatable bonds is 3. The van der Waals surface area contributed by atoms with E-state index in [1.165, 1.54) is 83.2 Å². The lowest BCUT2D eigenvalue weighted by atomic mass is 9.85. The summed E-state index contributed by atoms with van der Waals surface area (Å²) >= 11 is 0. The average Bonchev–Trinajstić information content (AvgIpc) is 3.26. The van der Waals surface area contributed by atoms with Gasteiger partial charge in [-0.25, -0.2) is 0 Å².